The van der Waals surface area contributed by atoms with E-state index in [1.165, 1.54) is 0 Å². The summed E-state index contributed by atoms with van der Waals surface area (Å²) in [5.41, 5.74) is 6.62. The van der Waals surface area contributed by atoms with Gasteiger partial charge in [-0.15, -0.1) is 12.3 Å². The van der Waals surface area contributed by atoms with E-state index in [2.05, 4.69) is 21.4 Å². The maximum absolute atomic E-state index is 11.6. The fourth-order valence-electron chi connectivity index (χ4n) is 1.22. The van der Waals surface area contributed by atoms with Gasteiger partial charge in [-0.05, 0) is 13.3 Å². The van der Waals surface area contributed by atoms with Gasteiger partial charge in [-0.3, -0.25) is 9.89 Å². The Morgan fingerprint density at radius 1 is 1.73 bits per heavy atom. The van der Waals surface area contributed by atoms with Crippen molar-refractivity contribution in [2.24, 2.45) is 0 Å². The van der Waals surface area contributed by atoms with E-state index in [4.69, 9.17) is 12.2 Å². The van der Waals surface area contributed by atoms with Gasteiger partial charge >= 0.3 is 0 Å². The predicted molar refractivity (Wildman–Crippen MR) is 58.1 cm³/mol. The summed E-state index contributed by atoms with van der Waals surface area (Å²) in [5.74, 6) is 2.52. The fraction of sp³-hybridized carbons (Fsp3) is 0.400. The van der Waals surface area contributed by atoms with Crippen LogP contribution in [0.2, 0.25) is 0 Å². The summed E-state index contributed by atoms with van der Waals surface area (Å²) in [6.07, 6.45) is 6.51. The number of aromatic nitrogens is 2. The zero-order valence-electron chi connectivity index (χ0n) is 8.63. The SMILES string of the molecule is C#CCCCNC(=O)c1c(N)n[nH]c1C. The standard InChI is InChI=1S/C10H14N4O/c1-3-4-5-6-12-10(15)8-7(2)13-14-9(8)11/h1H,4-6H2,2H3,(H,12,15)(H3,11,13,14). The molecule has 1 heterocycles. The molecule has 0 fully saturated rings. The first-order valence-electron chi connectivity index (χ1n) is 4.69. The van der Waals surface area contributed by atoms with Gasteiger partial charge in [0.2, 0.25) is 0 Å². The molecule has 0 saturated carbocycles. The highest BCUT2D eigenvalue weighted by Crippen LogP contribution is 2.11. The highest BCUT2D eigenvalue weighted by molar-refractivity contribution is 5.99. The maximum Gasteiger partial charge on any atom is 0.256 e. The Kier molecular flexibility index (Phi) is 3.75. The van der Waals surface area contributed by atoms with Crippen LogP contribution in [0, 0.1) is 19.3 Å². The second-order valence-corrected chi connectivity index (χ2v) is 3.17. The molecular weight excluding hydrogens is 192 g/mol. The quantitative estimate of drug-likeness (QED) is 0.494. The number of terminal acetylenes is 1. The number of anilines is 1. The largest absolute Gasteiger partial charge is 0.382 e. The Bertz CT molecular complexity index is 369. The number of nitrogens with one attached hydrogen (secondary N) is 2. The van der Waals surface area contributed by atoms with Crippen molar-refractivity contribution in [1.29, 1.82) is 0 Å². The van der Waals surface area contributed by atoms with Crippen molar-refractivity contribution in [2.45, 2.75) is 19.8 Å². The summed E-state index contributed by atoms with van der Waals surface area (Å²) >= 11 is 0. The summed E-state index contributed by atoms with van der Waals surface area (Å²) in [6, 6.07) is 0. The van der Waals surface area contributed by atoms with Gasteiger partial charge in [-0.25, -0.2) is 0 Å². The Morgan fingerprint density at radius 3 is 3.00 bits per heavy atom. The van der Waals surface area contributed by atoms with Crippen molar-refractivity contribution in [3.05, 3.63) is 11.3 Å². The van der Waals surface area contributed by atoms with E-state index in [0.717, 1.165) is 6.42 Å². The summed E-state index contributed by atoms with van der Waals surface area (Å²) in [4.78, 5) is 11.6. The lowest BCUT2D eigenvalue weighted by molar-refractivity contribution is 0.0953. The molecule has 0 aliphatic carbocycles. The van der Waals surface area contributed by atoms with Crippen molar-refractivity contribution in [1.82, 2.24) is 15.5 Å². The summed E-state index contributed by atoms with van der Waals surface area (Å²) in [7, 11) is 0. The smallest absolute Gasteiger partial charge is 0.256 e. The van der Waals surface area contributed by atoms with Gasteiger partial charge in [0.05, 0.1) is 0 Å². The third-order valence-corrected chi connectivity index (χ3v) is 1.99. The molecule has 0 spiro atoms. The highest BCUT2D eigenvalue weighted by atomic mass is 16.1. The van der Waals surface area contributed by atoms with Crippen molar-refractivity contribution in [3.63, 3.8) is 0 Å². The van der Waals surface area contributed by atoms with E-state index in [0.29, 0.717) is 24.2 Å². The second-order valence-electron chi connectivity index (χ2n) is 3.17. The predicted octanol–water partition coefficient (Wildman–Crippen LogP) is 0.444. The average molecular weight is 206 g/mol. The first kappa shape index (κ1) is 11.1. The monoisotopic (exact) mass is 206 g/mol. The molecule has 5 nitrogen and oxygen atoms in total. The molecule has 0 aliphatic heterocycles. The van der Waals surface area contributed by atoms with E-state index >= 15 is 0 Å². The lowest BCUT2D eigenvalue weighted by Crippen LogP contribution is -2.25. The molecule has 5 heteroatoms. The van der Waals surface area contributed by atoms with Crippen LogP contribution in [0.4, 0.5) is 5.82 Å². The van der Waals surface area contributed by atoms with E-state index in [1.54, 1.807) is 6.92 Å². The third-order valence-electron chi connectivity index (χ3n) is 1.99. The Labute approximate surface area is 88.4 Å². The van der Waals surface area contributed by atoms with Crippen LogP contribution in [0.3, 0.4) is 0 Å². The van der Waals surface area contributed by atoms with Gasteiger partial charge in [-0.1, -0.05) is 0 Å². The molecule has 0 aromatic carbocycles. The van der Waals surface area contributed by atoms with Crippen LogP contribution >= 0.6 is 0 Å². The lowest BCUT2D eigenvalue weighted by Gasteiger charge is -2.03. The van der Waals surface area contributed by atoms with Gasteiger partial charge in [0, 0.05) is 18.7 Å². The molecule has 0 radical (unpaired) electrons. The number of hydrogen-bond donors (Lipinski definition) is 3. The minimum Gasteiger partial charge on any atom is -0.382 e. The Hall–Kier alpha value is -1.96. The summed E-state index contributed by atoms with van der Waals surface area (Å²) in [5, 5.41) is 9.12. The van der Waals surface area contributed by atoms with Gasteiger partial charge in [-0.2, -0.15) is 5.10 Å². The number of carbonyl (C=O) groups excluding carboxylic acids is 1. The first-order chi connectivity index (χ1) is 7.16. The molecule has 0 aliphatic rings. The number of aryl methyl sites for hydroxylation is 1. The lowest BCUT2D eigenvalue weighted by atomic mass is 10.2. The first-order valence-corrected chi connectivity index (χ1v) is 4.69. The van der Waals surface area contributed by atoms with Crippen molar-refractivity contribution < 1.29 is 4.79 Å². The summed E-state index contributed by atoms with van der Waals surface area (Å²) in [6.45, 7) is 2.30. The topological polar surface area (TPSA) is 83.8 Å². The number of rotatable bonds is 4. The molecule has 15 heavy (non-hydrogen) atoms. The van der Waals surface area contributed by atoms with E-state index in [-0.39, 0.29) is 11.7 Å². The zero-order valence-corrected chi connectivity index (χ0v) is 8.63. The number of aromatic amines is 1. The summed E-state index contributed by atoms with van der Waals surface area (Å²) < 4.78 is 0. The molecule has 1 aromatic heterocycles. The van der Waals surface area contributed by atoms with Crippen LogP contribution < -0.4 is 11.1 Å². The number of amides is 1. The number of hydrogen-bond acceptors (Lipinski definition) is 3. The minimum atomic E-state index is -0.212. The number of nitrogen functional groups attached to an aromatic ring is 1. The van der Waals surface area contributed by atoms with Crippen LogP contribution in [0.25, 0.3) is 0 Å². The number of carbonyl (C=O) groups is 1. The van der Waals surface area contributed by atoms with E-state index in [9.17, 15) is 4.79 Å². The van der Waals surface area contributed by atoms with Crippen LogP contribution in [0.1, 0.15) is 28.9 Å². The Balaban J connectivity index is 2.51. The maximum atomic E-state index is 11.6. The van der Waals surface area contributed by atoms with E-state index < -0.39 is 0 Å². The van der Waals surface area contributed by atoms with Crippen molar-refractivity contribution >= 4 is 11.7 Å². The number of nitrogens with two attached hydrogens (primary N) is 1. The van der Waals surface area contributed by atoms with Crippen LogP contribution in [0.5, 0.6) is 0 Å². The van der Waals surface area contributed by atoms with Crippen LogP contribution in [-0.2, 0) is 0 Å². The molecule has 0 bridgehead atoms. The molecule has 0 unspecified atom stereocenters. The average Bonchev–Trinajstić information content (AvgIpc) is 2.53. The molecule has 1 rings (SSSR count). The van der Waals surface area contributed by atoms with Crippen LogP contribution in [0.15, 0.2) is 0 Å². The van der Waals surface area contributed by atoms with Gasteiger partial charge in [0.25, 0.3) is 5.91 Å². The van der Waals surface area contributed by atoms with Gasteiger partial charge in [0.15, 0.2) is 5.82 Å². The third kappa shape index (κ3) is 2.74. The fourth-order valence-corrected chi connectivity index (χ4v) is 1.22. The van der Waals surface area contributed by atoms with Crippen molar-refractivity contribution in [3.8, 4) is 12.3 Å². The van der Waals surface area contributed by atoms with Gasteiger partial charge < -0.3 is 11.1 Å². The second kappa shape index (κ2) is 5.05. The molecule has 80 valence electrons. The van der Waals surface area contributed by atoms with E-state index in [1.807, 2.05) is 0 Å². The normalized spacial score (nSPS) is 9.60. The number of unbranched alkanes of at least 4 members (excludes halogenated alkanes) is 1. The minimum absolute atomic E-state index is 0.212. The van der Waals surface area contributed by atoms with Gasteiger partial charge in [0.1, 0.15) is 5.56 Å². The number of H-pyrrole nitrogens is 1. The molecular formula is C10H14N4O. The highest BCUT2D eigenvalue weighted by Gasteiger charge is 2.14. The molecule has 0 atom stereocenters. The van der Waals surface area contributed by atoms with Crippen molar-refractivity contribution in [2.75, 3.05) is 12.3 Å². The molecule has 4 N–H and O–H groups in total. The zero-order chi connectivity index (χ0) is 11.3. The molecule has 1 amide bonds. The molecule has 1 aromatic rings. The number of nitrogens with zero attached hydrogens (tertiary/aromatic N) is 1. The Morgan fingerprint density at radius 2 is 2.47 bits per heavy atom. The molecule has 0 saturated heterocycles. The van der Waals surface area contributed by atoms with Crippen LogP contribution in [-0.4, -0.2) is 22.6 Å².